The number of hydrogen-bond donors (Lipinski definition) is 3. The summed E-state index contributed by atoms with van der Waals surface area (Å²) in [5.41, 5.74) is 8.77. The van der Waals surface area contributed by atoms with E-state index in [0.717, 1.165) is 16.7 Å². The lowest BCUT2D eigenvalue weighted by molar-refractivity contribution is -0.142. The van der Waals surface area contributed by atoms with Crippen molar-refractivity contribution in [3.05, 3.63) is 64.7 Å². The third-order valence-electron chi connectivity index (χ3n) is 7.00. The Balaban J connectivity index is 2.05. The predicted molar refractivity (Wildman–Crippen MR) is 154 cm³/mol. The Morgan fingerprint density at radius 1 is 1.02 bits per heavy atom. The van der Waals surface area contributed by atoms with Crippen LogP contribution in [0.5, 0.6) is 0 Å². The van der Waals surface area contributed by atoms with Gasteiger partial charge in [-0.25, -0.2) is 4.79 Å². The second kappa shape index (κ2) is 12.5. The van der Waals surface area contributed by atoms with Crippen LogP contribution >= 0.6 is 0 Å². The van der Waals surface area contributed by atoms with Gasteiger partial charge in [0.2, 0.25) is 11.8 Å². The van der Waals surface area contributed by atoms with Gasteiger partial charge in [0.25, 0.3) is 5.91 Å². The molecule has 4 unspecified atom stereocenters. The second-order valence-corrected chi connectivity index (χ2v) is 11.8. The molecular formula is C31H42N4O5. The number of benzene rings is 2. The molecule has 216 valence electrons. The molecule has 0 radical (unpaired) electrons. The van der Waals surface area contributed by atoms with Gasteiger partial charge in [-0.3, -0.25) is 14.4 Å². The zero-order valence-corrected chi connectivity index (χ0v) is 24.5. The van der Waals surface area contributed by atoms with Gasteiger partial charge in [0.05, 0.1) is 0 Å². The predicted octanol–water partition coefficient (Wildman–Crippen LogP) is 4.69. The first-order valence-corrected chi connectivity index (χ1v) is 13.7. The normalized spacial score (nSPS) is 17.8. The number of aryl methyl sites for hydroxylation is 3. The summed E-state index contributed by atoms with van der Waals surface area (Å²) in [6.45, 7) is 13.0. The fourth-order valence-corrected chi connectivity index (χ4v) is 4.74. The number of hydrogen-bond acceptors (Lipinski definition) is 5. The molecule has 0 spiro atoms. The van der Waals surface area contributed by atoms with Crippen molar-refractivity contribution in [2.24, 2.45) is 11.7 Å². The number of nitrogens with zero attached hydrogens (tertiary/aromatic N) is 1. The van der Waals surface area contributed by atoms with Gasteiger partial charge in [-0.2, -0.15) is 0 Å². The second-order valence-electron chi connectivity index (χ2n) is 11.8. The largest absolute Gasteiger partial charge is 0.444 e. The molecule has 2 aromatic carbocycles. The summed E-state index contributed by atoms with van der Waals surface area (Å²) in [5.74, 6) is -1.27. The summed E-state index contributed by atoms with van der Waals surface area (Å²) >= 11 is 0. The first-order valence-electron chi connectivity index (χ1n) is 13.7. The molecule has 2 aromatic rings. The number of amides is 4. The topological polar surface area (TPSA) is 131 Å². The SMILES string of the molecule is Cc1ccc(C(C(=O)Nc2c(C)cccc2C)N(C(=O)C(CCC(N)=O)NC(=O)OC(C)(C)C)C2CC2C)cc1. The van der Waals surface area contributed by atoms with Crippen molar-refractivity contribution in [2.75, 3.05) is 5.32 Å². The summed E-state index contributed by atoms with van der Waals surface area (Å²) in [7, 11) is 0. The van der Waals surface area contributed by atoms with Crippen LogP contribution in [0, 0.1) is 26.7 Å². The standard InChI is InChI=1S/C31H42N4O5/c1-18-11-13-22(14-12-18)27(28(37)34-26-19(2)9-8-10-20(26)3)35(24-17-21(24)4)29(38)23(15-16-25(32)36)33-30(39)40-31(5,6)7/h8-14,21,23-24,27H,15-17H2,1-7H3,(H2,32,36)(H,33,39)(H,34,37). The Morgan fingerprint density at radius 2 is 1.60 bits per heavy atom. The molecule has 0 bridgehead atoms. The number of para-hydroxylation sites is 1. The number of alkyl carbamates (subject to hydrolysis) is 1. The Morgan fingerprint density at radius 3 is 2.10 bits per heavy atom. The van der Waals surface area contributed by atoms with E-state index in [9.17, 15) is 19.2 Å². The van der Waals surface area contributed by atoms with Gasteiger partial charge < -0.3 is 26.0 Å². The minimum Gasteiger partial charge on any atom is -0.444 e. The van der Waals surface area contributed by atoms with Crippen LogP contribution in [-0.4, -0.2) is 46.4 Å². The molecule has 1 aliphatic carbocycles. The molecule has 4 N–H and O–H groups in total. The van der Waals surface area contributed by atoms with Gasteiger partial charge in [0, 0.05) is 18.2 Å². The summed E-state index contributed by atoms with van der Waals surface area (Å²) in [6, 6.07) is 10.9. The van der Waals surface area contributed by atoms with E-state index in [2.05, 4.69) is 10.6 Å². The molecule has 0 heterocycles. The summed E-state index contributed by atoms with van der Waals surface area (Å²) < 4.78 is 5.40. The molecule has 9 nitrogen and oxygen atoms in total. The quantitative estimate of drug-likeness (QED) is 0.395. The van der Waals surface area contributed by atoms with Crippen LogP contribution in [0.15, 0.2) is 42.5 Å². The maximum atomic E-state index is 14.3. The van der Waals surface area contributed by atoms with Crippen LogP contribution in [0.2, 0.25) is 0 Å². The van der Waals surface area contributed by atoms with E-state index >= 15 is 0 Å². The van der Waals surface area contributed by atoms with Crippen LogP contribution in [0.1, 0.15) is 75.3 Å². The maximum absolute atomic E-state index is 14.3. The van der Waals surface area contributed by atoms with Crippen molar-refractivity contribution in [1.82, 2.24) is 10.2 Å². The van der Waals surface area contributed by atoms with E-state index in [0.29, 0.717) is 17.7 Å². The lowest BCUT2D eigenvalue weighted by Crippen LogP contribution is -2.53. The molecule has 40 heavy (non-hydrogen) atoms. The number of rotatable bonds is 10. The average Bonchev–Trinajstić information content (AvgIpc) is 3.57. The van der Waals surface area contributed by atoms with Crippen LogP contribution in [-0.2, 0) is 19.1 Å². The van der Waals surface area contributed by atoms with Gasteiger partial charge in [-0.15, -0.1) is 0 Å². The van der Waals surface area contributed by atoms with E-state index < -0.39 is 35.6 Å². The van der Waals surface area contributed by atoms with E-state index in [1.807, 2.05) is 70.2 Å². The van der Waals surface area contributed by atoms with Crippen LogP contribution in [0.4, 0.5) is 10.5 Å². The highest BCUT2D eigenvalue weighted by atomic mass is 16.6. The van der Waals surface area contributed by atoms with Crippen molar-refractivity contribution in [1.29, 1.82) is 0 Å². The molecule has 9 heteroatoms. The first-order chi connectivity index (χ1) is 18.7. The number of primary amides is 1. The number of nitrogens with one attached hydrogen (secondary N) is 2. The van der Waals surface area contributed by atoms with Crippen molar-refractivity contribution in [2.45, 2.75) is 91.5 Å². The Kier molecular flexibility index (Phi) is 9.60. The van der Waals surface area contributed by atoms with E-state index in [1.54, 1.807) is 25.7 Å². The molecular weight excluding hydrogens is 508 g/mol. The fraction of sp³-hybridized carbons (Fsp3) is 0.484. The number of anilines is 1. The Labute approximate surface area is 236 Å². The zero-order valence-electron chi connectivity index (χ0n) is 24.5. The maximum Gasteiger partial charge on any atom is 0.408 e. The molecule has 3 rings (SSSR count). The Bertz CT molecular complexity index is 1230. The van der Waals surface area contributed by atoms with Crippen LogP contribution < -0.4 is 16.4 Å². The molecule has 4 amide bonds. The van der Waals surface area contributed by atoms with Gasteiger partial charge >= 0.3 is 6.09 Å². The van der Waals surface area contributed by atoms with Crippen LogP contribution in [0.3, 0.4) is 0 Å². The van der Waals surface area contributed by atoms with Crippen molar-refractivity contribution in [3.63, 3.8) is 0 Å². The summed E-state index contributed by atoms with van der Waals surface area (Å²) in [4.78, 5) is 54.3. The molecule has 1 saturated carbocycles. The lowest BCUT2D eigenvalue weighted by Gasteiger charge is -2.35. The minimum atomic E-state index is -1.11. The highest BCUT2D eigenvalue weighted by Gasteiger charge is 2.48. The monoisotopic (exact) mass is 550 g/mol. The highest BCUT2D eigenvalue weighted by Crippen LogP contribution is 2.41. The first kappa shape index (κ1) is 30.7. The van der Waals surface area contributed by atoms with Gasteiger partial charge in [0.15, 0.2) is 0 Å². The fourth-order valence-electron chi connectivity index (χ4n) is 4.74. The molecule has 4 atom stereocenters. The van der Waals surface area contributed by atoms with E-state index in [4.69, 9.17) is 10.5 Å². The van der Waals surface area contributed by atoms with Crippen molar-refractivity contribution < 1.29 is 23.9 Å². The average molecular weight is 551 g/mol. The minimum absolute atomic E-state index is 0.0237. The molecule has 1 aliphatic rings. The van der Waals surface area contributed by atoms with Gasteiger partial charge in [0.1, 0.15) is 17.7 Å². The third kappa shape index (κ3) is 8.07. The number of ether oxygens (including phenoxy) is 1. The number of carbonyl (C=O) groups excluding carboxylic acids is 4. The highest BCUT2D eigenvalue weighted by molar-refractivity contribution is 6.00. The molecule has 0 aliphatic heterocycles. The van der Waals surface area contributed by atoms with Gasteiger partial charge in [-0.1, -0.05) is 55.0 Å². The Hall–Kier alpha value is -3.88. The lowest BCUT2D eigenvalue weighted by atomic mass is 9.99. The number of carbonyl (C=O) groups is 4. The van der Waals surface area contributed by atoms with Crippen molar-refractivity contribution in [3.8, 4) is 0 Å². The summed E-state index contributed by atoms with van der Waals surface area (Å²) in [6.07, 6.45) is -0.223. The van der Waals surface area contributed by atoms with Crippen LogP contribution in [0.25, 0.3) is 0 Å². The zero-order chi connectivity index (χ0) is 29.8. The molecule has 0 aromatic heterocycles. The van der Waals surface area contributed by atoms with E-state index in [-0.39, 0.29) is 30.7 Å². The van der Waals surface area contributed by atoms with Crippen molar-refractivity contribution >= 4 is 29.5 Å². The molecule has 1 fully saturated rings. The molecule has 0 saturated heterocycles. The van der Waals surface area contributed by atoms with Gasteiger partial charge in [-0.05, 0) is 77.0 Å². The number of nitrogens with two attached hydrogens (primary N) is 1. The summed E-state index contributed by atoms with van der Waals surface area (Å²) in [5, 5.41) is 5.70. The van der Waals surface area contributed by atoms with E-state index in [1.165, 1.54) is 0 Å². The third-order valence-corrected chi connectivity index (χ3v) is 7.00. The smallest absolute Gasteiger partial charge is 0.408 e.